The van der Waals surface area contributed by atoms with Gasteiger partial charge in [0.1, 0.15) is 0 Å². The first-order chi connectivity index (χ1) is 8.16. The summed E-state index contributed by atoms with van der Waals surface area (Å²) in [7, 11) is 2.10. The van der Waals surface area contributed by atoms with Crippen LogP contribution in [-0.2, 0) is 6.54 Å². The van der Waals surface area contributed by atoms with Crippen LogP contribution in [0.2, 0.25) is 0 Å². The Bertz CT molecular complexity index is 388. The fourth-order valence-corrected chi connectivity index (χ4v) is 3.20. The van der Waals surface area contributed by atoms with Gasteiger partial charge in [-0.1, -0.05) is 0 Å². The van der Waals surface area contributed by atoms with Crippen LogP contribution >= 0.6 is 11.8 Å². The van der Waals surface area contributed by atoms with Crippen LogP contribution in [-0.4, -0.2) is 45.6 Å². The van der Waals surface area contributed by atoms with Crippen molar-refractivity contribution in [3.63, 3.8) is 0 Å². The maximum Gasteiger partial charge on any atom is 0.337 e. The highest BCUT2D eigenvalue weighted by atomic mass is 32.2. The Labute approximate surface area is 105 Å². The third kappa shape index (κ3) is 3.20. The first-order valence-corrected chi connectivity index (χ1v) is 6.78. The van der Waals surface area contributed by atoms with Gasteiger partial charge in [0.25, 0.3) is 0 Å². The van der Waals surface area contributed by atoms with Gasteiger partial charge in [-0.05, 0) is 31.4 Å². The molecule has 1 unspecified atom stereocenters. The summed E-state index contributed by atoms with van der Waals surface area (Å²) in [4.78, 5) is 17.2. The van der Waals surface area contributed by atoms with Crippen molar-refractivity contribution >= 4 is 17.7 Å². The lowest BCUT2D eigenvalue weighted by molar-refractivity contribution is 0.0696. The van der Waals surface area contributed by atoms with Crippen LogP contribution in [0.1, 0.15) is 22.5 Å². The van der Waals surface area contributed by atoms with E-state index in [1.54, 1.807) is 12.1 Å². The van der Waals surface area contributed by atoms with E-state index in [2.05, 4.69) is 16.9 Å². The van der Waals surface area contributed by atoms with Crippen molar-refractivity contribution in [2.24, 2.45) is 0 Å². The summed E-state index contributed by atoms with van der Waals surface area (Å²) in [6, 6.07) is 4.03. The average molecular weight is 252 g/mol. The van der Waals surface area contributed by atoms with Gasteiger partial charge in [-0.2, -0.15) is 11.8 Å². The number of carbonyl (C=O) groups is 1. The minimum atomic E-state index is -0.926. The fraction of sp³-hybridized carbons (Fsp3) is 0.500. The molecule has 1 aromatic rings. The van der Waals surface area contributed by atoms with Crippen LogP contribution < -0.4 is 0 Å². The van der Waals surface area contributed by atoms with Crippen LogP contribution in [0.3, 0.4) is 0 Å². The number of nitrogens with zero attached hydrogens (tertiary/aromatic N) is 2. The second-order valence-corrected chi connectivity index (χ2v) is 5.43. The predicted molar refractivity (Wildman–Crippen MR) is 68.4 cm³/mol. The van der Waals surface area contributed by atoms with Crippen molar-refractivity contribution in [3.05, 3.63) is 29.6 Å². The van der Waals surface area contributed by atoms with Gasteiger partial charge in [0, 0.05) is 24.5 Å². The van der Waals surface area contributed by atoms with E-state index in [1.165, 1.54) is 24.1 Å². The molecule has 1 aromatic heterocycles. The first-order valence-electron chi connectivity index (χ1n) is 5.63. The van der Waals surface area contributed by atoms with E-state index in [4.69, 9.17) is 5.11 Å². The van der Waals surface area contributed by atoms with Gasteiger partial charge in [-0.15, -0.1) is 0 Å². The van der Waals surface area contributed by atoms with Crippen LogP contribution in [0.5, 0.6) is 0 Å². The molecular formula is C12H16N2O2S. The number of carboxylic acids is 1. The van der Waals surface area contributed by atoms with Crippen molar-refractivity contribution < 1.29 is 9.90 Å². The highest BCUT2D eigenvalue weighted by Crippen LogP contribution is 2.22. The SMILES string of the molecule is CN(Cc1ccc(C(=O)O)cn1)C1CCSC1. The van der Waals surface area contributed by atoms with Crippen molar-refractivity contribution in [2.75, 3.05) is 18.6 Å². The molecule has 0 aliphatic carbocycles. The molecule has 1 atom stereocenters. The van der Waals surface area contributed by atoms with E-state index in [-0.39, 0.29) is 5.56 Å². The van der Waals surface area contributed by atoms with Crippen molar-refractivity contribution in [1.29, 1.82) is 0 Å². The summed E-state index contributed by atoms with van der Waals surface area (Å²) in [5.41, 5.74) is 1.17. The summed E-state index contributed by atoms with van der Waals surface area (Å²) >= 11 is 1.99. The number of hydrogen-bond donors (Lipinski definition) is 1. The molecule has 0 saturated carbocycles. The van der Waals surface area contributed by atoms with Crippen molar-refractivity contribution in [3.8, 4) is 0 Å². The van der Waals surface area contributed by atoms with E-state index >= 15 is 0 Å². The molecule has 1 aliphatic heterocycles. The average Bonchev–Trinajstić information content (AvgIpc) is 2.83. The van der Waals surface area contributed by atoms with Gasteiger partial charge >= 0.3 is 5.97 Å². The minimum absolute atomic E-state index is 0.243. The zero-order chi connectivity index (χ0) is 12.3. The molecule has 92 valence electrons. The van der Waals surface area contributed by atoms with Crippen LogP contribution in [0.25, 0.3) is 0 Å². The van der Waals surface area contributed by atoms with Crippen molar-refractivity contribution in [2.45, 2.75) is 19.0 Å². The molecule has 0 amide bonds. The molecule has 1 fully saturated rings. The third-order valence-corrected chi connectivity index (χ3v) is 4.16. The first kappa shape index (κ1) is 12.4. The molecule has 17 heavy (non-hydrogen) atoms. The Hall–Kier alpha value is -1.07. The Morgan fingerprint density at radius 3 is 3.00 bits per heavy atom. The van der Waals surface area contributed by atoms with Crippen LogP contribution in [0.15, 0.2) is 18.3 Å². The molecule has 5 heteroatoms. The van der Waals surface area contributed by atoms with E-state index in [9.17, 15) is 4.79 Å². The quantitative estimate of drug-likeness (QED) is 0.884. The van der Waals surface area contributed by atoms with Gasteiger partial charge in [-0.3, -0.25) is 9.88 Å². The zero-order valence-corrected chi connectivity index (χ0v) is 10.6. The lowest BCUT2D eigenvalue weighted by Crippen LogP contribution is -2.31. The highest BCUT2D eigenvalue weighted by molar-refractivity contribution is 7.99. The fourth-order valence-electron chi connectivity index (χ4n) is 1.90. The molecular weight excluding hydrogens is 236 g/mol. The Balaban J connectivity index is 1.96. The summed E-state index contributed by atoms with van der Waals surface area (Å²) in [5, 5.41) is 8.78. The summed E-state index contributed by atoms with van der Waals surface area (Å²) < 4.78 is 0. The Morgan fingerprint density at radius 1 is 1.65 bits per heavy atom. The number of thioether (sulfide) groups is 1. The summed E-state index contributed by atoms with van der Waals surface area (Å²) in [5.74, 6) is 1.49. The molecule has 1 aliphatic rings. The second kappa shape index (κ2) is 5.51. The molecule has 4 nitrogen and oxygen atoms in total. The smallest absolute Gasteiger partial charge is 0.337 e. The molecule has 0 radical (unpaired) electrons. The zero-order valence-electron chi connectivity index (χ0n) is 9.80. The lowest BCUT2D eigenvalue weighted by Gasteiger charge is -2.22. The Kier molecular flexibility index (Phi) is 4.02. The molecule has 0 spiro atoms. The van der Waals surface area contributed by atoms with Gasteiger partial charge in [0.2, 0.25) is 0 Å². The van der Waals surface area contributed by atoms with Gasteiger partial charge in [-0.25, -0.2) is 4.79 Å². The Morgan fingerprint density at radius 2 is 2.47 bits per heavy atom. The van der Waals surface area contributed by atoms with Crippen LogP contribution in [0, 0.1) is 0 Å². The van der Waals surface area contributed by atoms with Gasteiger partial charge in [0.05, 0.1) is 11.3 Å². The predicted octanol–water partition coefficient (Wildman–Crippen LogP) is 1.72. The van der Waals surface area contributed by atoms with Gasteiger partial charge in [0.15, 0.2) is 0 Å². The monoisotopic (exact) mass is 252 g/mol. The maximum absolute atomic E-state index is 10.7. The van der Waals surface area contributed by atoms with E-state index in [0.29, 0.717) is 6.04 Å². The molecule has 2 heterocycles. The topological polar surface area (TPSA) is 53.4 Å². The molecule has 1 N–H and O–H groups in total. The van der Waals surface area contributed by atoms with Crippen molar-refractivity contribution in [1.82, 2.24) is 9.88 Å². The largest absolute Gasteiger partial charge is 0.478 e. The molecule has 2 rings (SSSR count). The molecule has 0 bridgehead atoms. The number of aromatic nitrogens is 1. The third-order valence-electron chi connectivity index (χ3n) is 3.01. The number of aromatic carboxylic acids is 1. The number of rotatable bonds is 4. The summed E-state index contributed by atoms with van der Waals surface area (Å²) in [6.07, 6.45) is 2.66. The van der Waals surface area contributed by atoms with Gasteiger partial charge < -0.3 is 5.11 Å². The van der Waals surface area contributed by atoms with Crippen LogP contribution in [0.4, 0.5) is 0 Å². The molecule has 1 saturated heterocycles. The minimum Gasteiger partial charge on any atom is -0.478 e. The standard InChI is InChI=1S/C12H16N2O2S/c1-14(11-4-5-17-8-11)7-10-3-2-9(6-13-10)12(15)16/h2-3,6,11H,4-5,7-8H2,1H3,(H,15,16). The molecule has 0 aromatic carbocycles. The number of carboxylic acid groups (broad SMARTS) is 1. The normalized spacial score (nSPS) is 19.8. The van der Waals surface area contributed by atoms with E-state index in [0.717, 1.165) is 12.2 Å². The highest BCUT2D eigenvalue weighted by Gasteiger charge is 2.20. The second-order valence-electron chi connectivity index (χ2n) is 4.28. The lowest BCUT2D eigenvalue weighted by atomic mass is 10.2. The number of hydrogen-bond acceptors (Lipinski definition) is 4. The van der Waals surface area contributed by atoms with E-state index < -0.39 is 5.97 Å². The maximum atomic E-state index is 10.7. The van der Waals surface area contributed by atoms with E-state index in [1.807, 2.05) is 11.8 Å². The number of pyridine rings is 1. The summed E-state index contributed by atoms with van der Waals surface area (Å²) in [6.45, 7) is 0.783.